The largest absolute Gasteiger partial charge is 0.463 e. The zero-order chi connectivity index (χ0) is 33.3. The van der Waals surface area contributed by atoms with E-state index in [0.717, 1.165) is 48.5 Å². The Labute approximate surface area is 250 Å². The van der Waals surface area contributed by atoms with Crippen LogP contribution in [0.15, 0.2) is 0 Å². The van der Waals surface area contributed by atoms with Gasteiger partial charge in [-0.25, -0.2) is 4.39 Å². The van der Waals surface area contributed by atoms with Gasteiger partial charge < -0.3 is 47.4 Å². The summed E-state index contributed by atoms with van der Waals surface area (Å²) in [5, 5.41) is 0. The van der Waals surface area contributed by atoms with E-state index in [2.05, 4.69) is 0 Å². The summed E-state index contributed by atoms with van der Waals surface area (Å²) in [7, 11) is 0. The number of halogens is 1. The van der Waals surface area contributed by atoms with E-state index in [9.17, 15) is 33.6 Å². The summed E-state index contributed by atoms with van der Waals surface area (Å²) in [6.45, 7) is 5.83. The molecule has 0 aromatic carbocycles. The Hall–Kier alpha value is -3.90. The standard InChI is InChI=1S/C26H35FO17/c1-10(28)35-8-17-20(21(38-13(4)31)23(25(27)42-17)40-15(6)33)44-26-24(41-16(7)34)22(39-14(5)32)19(37-12(3)30)18(43-26)9-36-11(2)29/h17-26H,8-9H2,1-7H3/t17-,18-,19-,20-,21+,22+,23-,24-,25+,26+/m1/s1. The van der Waals surface area contributed by atoms with Crippen molar-refractivity contribution in [2.24, 2.45) is 0 Å². The van der Waals surface area contributed by atoms with Gasteiger partial charge in [-0.15, -0.1) is 0 Å². The molecule has 2 heterocycles. The molecule has 18 heteroatoms. The van der Waals surface area contributed by atoms with Crippen LogP contribution in [0.5, 0.6) is 0 Å². The first-order chi connectivity index (χ1) is 20.5. The van der Waals surface area contributed by atoms with Crippen molar-refractivity contribution in [2.45, 2.75) is 110 Å². The van der Waals surface area contributed by atoms with Gasteiger partial charge in [0.05, 0.1) is 0 Å². The van der Waals surface area contributed by atoms with Crippen molar-refractivity contribution >= 4 is 41.8 Å². The van der Waals surface area contributed by atoms with Crippen LogP contribution in [0.3, 0.4) is 0 Å². The first kappa shape index (κ1) is 36.3. The fraction of sp³-hybridized carbons (Fsp3) is 0.731. The first-order valence-electron chi connectivity index (χ1n) is 13.2. The lowest BCUT2D eigenvalue weighted by Gasteiger charge is -2.47. The molecule has 248 valence electrons. The number of carbonyl (C=O) groups excluding carboxylic acids is 7. The Morgan fingerprint density at radius 3 is 1.27 bits per heavy atom. The van der Waals surface area contributed by atoms with Gasteiger partial charge in [-0.2, -0.15) is 0 Å². The van der Waals surface area contributed by atoms with E-state index in [1.54, 1.807) is 0 Å². The van der Waals surface area contributed by atoms with Crippen molar-refractivity contribution in [1.29, 1.82) is 0 Å². The maximum atomic E-state index is 15.2. The lowest BCUT2D eigenvalue weighted by molar-refractivity contribution is -0.351. The Balaban J connectivity index is 2.66. The molecule has 17 nitrogen and oxygen atoms in total. The number of alkyl halides is 1. The predicted octanol–water partition coefficient (Wildman–Crippen LogP) is -0.424. The third-order valence-corrected chi connectivity index (χ3v) is 5.87. The number of rotatable bonds is 11. The van der Waals surface area contributed by atoms with Crippen LogP contribution in [0, 0.1) is 0 Å². The number of hydrogen-bond donors (Lipinski definition) is 0. The Bertz CT molecular complexity index is 1090. The highest BCUT2D eigenvalue weighted by molar-refractivity contribution is 5.69. The minimum atomic E-state index is -2.40. The molecule has 0 unspecified atom stereocenters. The molecule has 2 aliphatic heterocycles. The molecular weight excluding hydrogens is 603 g/mol. The summed E-state index contributed by atoms with van der Waals surface area (Å²) in [5.74, 6) is -6.27. The highest BCUT2D eigenvalue weighted by Gasteiger charge is 2.57. The zero-order valence-electron chi connectivity index (χ0n) is 25.0. The predicted molar refractivity (Wildman–Crippen MR) is 134 cm³/mol. The van der Waals surface area contributed by atoms with Gasteiger partial charge >= 0.3 is 41.8 Å². The molecule has 10 atom stereocenters. The molecule has 0 saturated carbocycles. The van der Waals surface area contributed by atoms with Crippen molar-refractivity contribution in [3.63, 3.8) is 0 Å². The van der Waals surface area contributed by atoms with Gasteiger partial charge in [-0.1, -0.05) is 0 Å². The molecule has 2 aliphatic rings. The van der Waals surface area contributed by atoms with Crippen LogP contribution in [0.2, 0.25) is 0 Å². The molecule has 2 fully saturated rings. The molecule has 0 bridgehead atoms. The zero-order valence-corrected chi connectivity index (χ0v) is 25.0. The molecule has 0 amide bonds. The van der Waals surface area contributed by atoms with Crippen LogP contribution < -0.4 is 0 Å². The Morgan fingerprint density at radius 1 is 0.477 bits per heavy atom. The summed E-state index contributed by atoms with van der Waals surface area (Å²) < 4.78 is 68.6. The van der Waals surface area contributed by atoms with Crippen LogP contribution in [0.1, 0.15) is 48.5 Å². The Kier molecular flexibility index (Phi) is 13.4. The number of esters is 7. The van der Waals surface area contributed by atoms with E-state index in [4.69, 9.17) is 47.4 Å². The summed E-state index contributed by atoms with van der Waals surface area (Å²) in [5.41, 5.74) is 0. The topological polar surface area (TPSA) is 212 Å². The van der Waals surface area contributed by atoms with E-state index >= 15 is 4.39 Å². The van der Waals surface area contributed by atoms with Gasteiger partial charge in [-0.05, 0) is 0 Å². The van der Waals surface area contributed by atoms with Gasteiger partial charge in [0.1, 0.15) is 31.5 Å². The number of carbonyl (C=O) groups is 7. The van der Waals surface area contributed by atoms with Crippen LogP contribution in [-0.4, -0.2) is 116 Å². The van der Waals surface area contributed by atoms with Crippen molar-refractivity contribution < 1.29 is 85.3 Å². The molecule has 0 N–H and O–H groups in total. The van der Waals surface area contributed by atoms with Crippen molar-refractivity contribution in [1.82, 2.24) is 0 Å². The first-order valence-corrected chi connectivity index (χ1v) is 13.2. The average Bonchev–Trinajstić information content (AvgIpc) is 2.87. The van der Waals surface area contributed by atoms with Gasteiger partial charge in [-0.3, -0.25) is 33.6 Å². The normalized spacial score (nSPS) is 31.5. The highest BCUT2D eigenvalue weighted by Crippen LogP contribution is 2.35. The summed E-state index contributed by atoms with van der Waals surface area (Å²) >= 11 is 0. The van der Waals surface area contributed by atoms with Gasteiger partial charge in [0, 0.05) is 48.5 Å². The van der Waals surface area contributed by atoms with Crippen LogP contribution >= 0.6 is 0 Å². The van der Waals surface area contributed by atoms with Crippen molar-refractivity contribution in [2.75, 3.05) is 13.2 Å². The van der Waals surface area contributed by atoms with E-state index in [1.807, 2.05) is 0 Å². The third-order valence-electron chi connectivity index (χ3n) is 5.87. The fourth-order valence-corrected chi connectivity index (χ4v) is 4.46. The molecule has 0 radical (unpaired) electrons. The molecular formula is C26H35FO17. The van der Waals surface area contributed by atoms with Gasteiger partial charge in [0.25, 0.3) is 0 Å². The van der Waals surface area contributed by atoms with Crippen LogP contribution in [-0.2, 0) is 80.9 Å². The maximum Gasteiger partial charge on any atom is 0.303 e. The van der Waals surface area contributed by atoms with Crippen molar-refractivity contribution in [3.8, 4) is 0 Å². The monoisotopic (exact) mass is 638 g/mol. The maximum absolute atomic E-state index is 15.2. The lowest BCUT2D eigenvalue weighted by Crippen LogP contribution is -2.66. The van der Waals surface area contributed by atoms with E-state index < -0.39 is 116 Å². The van der Waals surface area contributed by atoms with Crippen molar-refractivity contribution in [3.05, 3.63) is 0 Å². The molecule has 0 spiro atoms. The van der Waals surface area contributed by atoms with Crippen LogP contribution in [0.4, 0.5) is 4.39 Å². The Morgan fingerprint density at radius 2 is 0.841 bits per heavy atom. The second-order valence-corrected chi connectivity index (χ2v) is 9.64. The molecule has 0 aromatic heterocycles. The SMILES string of the molecule is CC(=O)OC[C@H]1O[C@H](F)[C@H](OC(C)=O)[C@@H](OC(C)=O)[C@@H]1O[C@@H]1O[C@H](COC(C)=O)[C@@H](OC(C)=O)[C@H](OC(C)=O)[C@H]1OC(C)=O. The number of hydrogen-bond acceptors (Lipinski definition) is 17. The molecule has 2 rings (SSSR count). The fourth-order valence-electron chi connectivity index (χ4n) is 4.46. The molecule has 2 saturated heterocycles. The number of ether oxygens (including phenoxy) is 10. The van der Waals surface area contributed by atoms with E-state index in [-0.39, 0.29) is 0 Å². The lowest BCUT2D eigenvalue weighted by atomic mass is 9.96. The third kappa shape index (κ3) is 10.7. The van der Waals surface area contributed by atoms with Gasteiger partial charge in [0.15, 0.2) is 36.8 Å². The summed E-state index contributed by atoms with van der Waals surface area (Å²) in [6.07, 6.45) is -17.5. The van der Waals surface area contributed by atoms with Gasteiger partial charge in [0.2, 0.25) is 6.36 Å². The highest BCUT2D eigenvalue weighted by atomic mass is 19.1. The van der Waals surface area contributed by atoms with E-state index in [0.29, 0.717) is 0 Å². The minimum absolute atomic E-state index is 0.592. The minimum Gasteiger partial charge on any atom is -0.463 e. The average molecular weight is 639 g/mol. The molecule has 0 aliphatic carbocycles. The quantitative estimate of drug-likeness (QED) is 0.207. The second-order valence-electron chi connectivity index (χ2n) is 9.64. The molecule has 44 heavy (non-hydrogen) atoms. The van der Waals surface area contributed by atoms with E-state index in [1.165, 1.54) is 0 Å². The van der Waals surface area contributed by atoms with Crippen LogP contribution in [0.25, 0.3) is 0 Å². The summed E-state index contributed by atoms with van der Waals surface area (Å²) in [4.78, 5) is 83.3. The smallest absolute Gasteiger partial charge is 0.303 e. The molecule has 0 aromatic rings. The second kappa shape index (κ2) is 16.2. The summed E-state index contributed by atoms with van der Waals surface area (Å²) in [6, 6.07) is 0.